The Hall–Kier alpha value is -4.34. The quantitative estimate of drug-likeness (QED) is 0.167. The summed E-state index contributed by atoms with van der Waals surface area (Å²) >= 11 is 0. The number of anilines is 2. The van der Waals surface area contributed by atoms with Gasteiger partial charge in [-0.2, -0.15) is 22.0 Å². The molecule has 4 aromatic rings. The van der Waals surface area contributed by atoms with Crippen molar-refractivity contribution in [3.63, 3.8) is 0 Å². The number of hydrogen-bond donors (Lipinski definition) is 2. The molecule has 4 nitrogen and oxygen atoms in total. The van der Waals surface area contributed by atoms with Crippen molar-refractivity contribution in [2.45, 2.75) is 30.0 Å². The highest BCUT2D eigenvalue weighted by Gasteiger charge is 2.78. The maximum Gasteiger partial charge on any atom is 0.457 e. The van der Waals surface area contributed by atoms with E-state index in [0.717, 1.165) is 24.3 Å². The Morgan fingerprint density at radius 3 is 1.13 bits per heavy atom. The fraction of sp³-hybridized carbons (Fsp3) is 0.172. The molecular formula is C29H24F6N2O2. The summed E-state index contributed by atoms with van der Waals surface area (Å²) in [6, 6.07) is 23.8. The molecule has 0 aromatic heterocycles. The maximum absolute atomic E-state index is 17.6. The molecule has 0 saturated heterocycles. The van der Waals surface area contributed by atoms with Crippen molar-refractivity contribution in [2.75, 3.05) is 11.5 Å². The second-order valence-corrected chi connectivity index (χ2v) is 8.80. The second kappa shape index (κ2) is 10.8. The van der Waals surface area contributed by atoms with Crippen molar-refractivity contribution >= 4 is 11.4 Å². The summed E-state index contributed by atoms with van der Waals surface area (Å²) in [4.78, 5) is 0. The van der Waals surface area contributed by atoms with Gasteiger partial charge in [-0.3, -0.25) is 0 Å². The fourth-order valence-corrected chi connectivity index (χ4v) is 4.09. The van der Waals surface area contributed by atoms with Crippen molar-refractivity contribution in [3.05, 3.63) is 120 Å². The molecule has 0 heterocycles. The van der Waals surface area contributed by atoms with Gasteiger partial charge in [0.05, 0.1) is 0 Å². The molecule has 4 aromatic carbocycles. The summed E-state index contributed by atoms with van der Waals surface area (Å²) < 4.78 is 103. The molecule has 2 unspecified atom stereocenters. The first-order valence-electron chi connectivity index (χ1n) is 11.7. The van der Waals surface area contributed by atoms with Crippen molar-refractivity contribution in [1.29, 1.82) is 0 Å². The molecule has 39 heavy (non-hydrogen) atoms. The van der Waals surface area contributed by atoms with Gasteiger partial charge in [0.1, 0.15) is 11.5 Å². The van der Waals surface area contributed by atoms with E-state index in [9.17, 15) is 13.2 Å². The van der Waals surface area contributed by atoms with Gasteiger partial charge in [-0.25, -0.2) is 4.39 Å². The van der Waals surface area contributed by atoms with Gasteiger partial charge >= 0.3 is 12.1 Å². The van der Waals surface area contributed by atoms with Crippen LogP contribution >= 0.6 is 0 Å². The zero-order valence-corrected chi connectivity index (χ0v) is 20.3. The van der Waals surface area contributed by atoms with Gasteiger partial charge < -0.3 is 20.9 Å². The third-order valence-corrected chi connectivity index (χ3v) is 6.07. The van der Waals surface area contributed by atoms with Crippen LogP contribution in [0.2, 0.25) is 0 Å². The Morgan fingerprint density at radius 1 is 0.487 bits per heavy atom. The van der Waals surface area contributed by atoms with E-state index in [4.69, 9.17) is 20.9 Å². The van der Waals surface area contributed by atoms with Crippen molar-refractivity contribution in [2.24, 2.45) is 0 Å². The van der Waals surface area contributed by atoms with Crippen LogP contribution in [0.5, 0.6) is 11.5 Å². The highest BCUT2D eigenvalue weighted by Crippen LogP contribution is 2.58. The number of ether oxygens (including phenoxy) is 2. The lowest BCUT2D eigenvalue weighted by molar-refractivity contribution is -0.353. The third kappa shape index (κ3) is 5.59. The summed E-state index contributed by atoms with van der Waals surface area (Å²) in [6.45, 7) is 0. The SMILES string of the molecule is Nc1ccc(C(Oc2ccccc2)C(F)(C(Oc2ccccc2)c2ccc(N)cc2)C(F)(F)C(F)(F)F)cc1. The molecule has 0 aliphatic carbocycles. The van der Waals surface area contributed by atoms with Crippen LogP contribution in [-0.2, 0) is 0 Å². The minimum Gasteiger partial charge on any atom is -0.482 e. The maximum atomic E-state index is 17.6. The predicted molar refractivity (Wildman–Crippen MR) is 136 cm³/mol. The van der Waals surface area contributed by atoms with Gasteiger partial charge in [-0.05, 0) is 59.7 Å². The summed E-state index contributed by atoms with van der Waals surface area (Å²) in [5.74, 6) is -6.27. The van der Waals surface area contributed by atoms with Crippen LogP contribution in [0.15, 0.2) is 109 Å². The molecule has 0 radical (unpaired) electrons. The molecule has 0 aliphatic heterocycles. The van der Waals surface area contributed by atoms with Crippen molar-refractivity contribution in [3.8, 4) is 11.5 Å². The van der Waals surface area contributed by atoms with Crippen molar-refractivity contribution < 1.29 is 35.8 Å². The molecule has 2 atom stereocenters. The number of hydrogen-bond acceptors (Lipinski definition) is 4. The number of nitrogen functional groups attached to an aromatic ring is 2. The smallest absolute Gasteiger partial charge is 0.457 e. The van der Waals surface area contributed by atoms with E-state index in [0.29, 0.717) is 0 Å². The van der Waals surface area contributed by atoms with E-state index < -0.39 is 30.0 Å². The normalized spacial score (nSPS) is 15.1. The van der Waals surface area contributed by atoms with E-state index >= 15 is 13.2 Å². The summed E-state index contributed by atoms with van der Waals surface area (Å²) in [5.41, 5.74) is 6.57. The van der Waals surface area contributed by atoms with Gasteiger partial charge in [0.25, 0.3) is 5.67 Å². The van der Waals surface area contributed by atoms with Gasteiger partial charge in [0.2, 0.25) is 0 Å². The molecule has 0 fully saturated rings. The highest BCUT2D eigenvalue weighted by molar-refractivity contribution is 5.44. The van der Waals surface area contributed by atoms with E-state index in [-0.39, 0.29) is 34.0 Å². The van der Waals surface area contributed by atoms with Crippen LogP contribution in [0.25, 0.3) is 0 Å². The van der Waals surface area contributed by atoms with Crippen LogP contribution in [0.3, 0.4) is 0 Å². The van der Waals surface area contributed by atoms with Crippen LogP contribution in [-0.4, -0.2) is 17.8 Å². The standard InChI is InChI=1S/C29H24F6N2O2/c30-27(28(31,32)29(33,34)35,25(19-11-15-21(36)16-12-19)38-23-7-3-1-4-8-23)26(20-13-17-22(37)18-14-20)39-24-9-5-2-6-10-24/h1-18,25-26H,36-37H2. The van der Waals surface area contributed by atoms with Crippen LogP contribution < -0.4 is 20.9 Å². The molecule has 0 bridgehead atoms. The number of para-hydroxylation sites is 2. The minimum atomic E-state index is -6.33. The van der Waals surface area contributed by atoms with Gasteiger partial charge in [-0.1, -0.05) is 60.7 Å². The molecule has 10 heteroatoms. The molecular weight excluding hydrogens is 522 g/mol. The minimum absolute atomic E-state index is 0.143. The molecule has 0 saturated carbocycles. The summed E-state index contributed by atoms with van der Waals surface area (Å²) in [7, 11) is 0. The lowest BCUT2D eigenvalue weighted by Crippen LogP contribution is -2.62. The predicted octanol–water partition coefficient (Wildman–Crippen LogP) is 7.70. The topological polar surface area (TPSA) is 70.5 Å². The number of nitrogens with two attached hydrogens (primary N) is 2. The Bertz CT molecular complexity index is 1260. The zero-order valence-electron chi connectivity index (χ0n) is 20.3. The summed E-state index contributed by atoms with van der Waals surface area (Å²) in [5, 5.41) is 0. The first kappa shape index (κ1) is 27.7. The Labute approximate surface area is 220 Å². The van der Waals surface area contributed by atoms with Crippen LogP contribution in [0, 0.1) is 0 Å². The fourth-order valence-electron chi connectivity index (χ4n) is 4.09. The largest absolute Gasteiger partial charge is 0.482 e. The monoisotopic (exact) mass is 546 g/mol. The molecule has 0 aliphatic rings. The lowest BCUT2D eigenvalue weighted by atomic mass is 9.78. The van der Waals surface area contributed by atoms with E-state index in [2.05, 4.69) is 0 Å². The van der Waals surface area contributed by atoms with Gasteiger partial charge in [0, 0.05) is 11.4 Å². The highest BCUT2D eigenvalue weighted by atomic mass is 19.4. The van der Waals surface area contributed by atoms with Gasteiger partial charge in [-0.15, -0.1) is 0 Å². The Morgan fingerprint density at radius 2 is 0.821 bits per heavy atom. The molecule has 4 N–H and O–H groups in total. The third-order valence-electron chi connectivity index (χ3n) is 6.07. The van der Waals surface area contributed by atoms with Crippen LogP contribution in [0.1, 0.15) is 23.3 Å². The molecule has 204 valence electrons. The zero-order chi connectivity index (χ0) is 28.3. The van der Waals surface area contributed by atoms with E-state index in [1.165, 1.54) is 72.8 Å². The summed E-state index contributed by atoms with van der Waals surface area (Å²) in [6.07, 6.45) is -11.4. The van der Waals surface area contributed by atoms with Crippen molar-refractivity contribution in [1.82, 2.24) is 0 Å². The Kier molecular flexibility index (Phi) is 7.67. The van der Waals surface area contributed by atoms with E-state index in [1.807, 2.05) is 0 Å². The molecule has 0 amide bonds. The first-order valence-corrected chi connectivity index (χ1v) is 11.7. The number of alkyl halides is 6. The second-order valence-electron chi connectivity index (χ2n) is 8.80. The average molecular weight is 547 g/mol. The average Bonchev–Trinajstić information content (AvgIpc) is 2.92. The van der Waals surface area contributed by atoms with Gasteiger partial charge in [0.15, 0.2) is 12.2 Å². The van der Waals surface area contributed by atoms with E-state index in [1.54, 1.807) is 12.1 Å². The molecule has 0 spiro atoms. The lowest BCUT2D eigenvalue weighted by Gasteiger charge is -2.44. The Balaban J connectivity index is 2.02. The molecule has 4 rings (SSSR count). The number of rotatable bonds is 9. The van der Waals surface area contributed by atoms with Crippen LogP contribution in [0.4, 0.5) is 37.7 Å². The number of benzene rings is 4. The number of halogens is 6. The first-order chi connectivity index (χ1) is 18.4.